The van der Waals surface area contributed by atoms with Crippen molar-refractivity contribution in [3.63, 3.8) is 0 Å². The van der Waals surface area contributed by atoms with Gasteiger partial charge in [-0.25, -0.2) is 9.37 Å². The van der Waals surface area contributed by atoms with E-state index in [1.54, 1.807) is 23.0 Å². The first-order valence-corrected chi connectivity index (χ1v) is 8.58. The average molecular weight is 354 g/mol. The molecule has 5 nitrogen and oxygen atoms in total. The zero-order valence-electron chi connectivity index (χ0n) is 13.7. The molecule has 25 heavy (non-hydrogen) atoms. The molecule has 0 bridgehead atoms. The molecule has 1 aromatic carbocycles. The summed E-state index contributed by atoms with van der Waals surface area (Å²) < 4.78 is 14.9. The van der Waals surface area contributed by atoms with E-state index in [9.17, 15) is 9.18 Å². The quantitative estimate of drug-likeness (QED) is 0.613. The zero-order valence-corrected chi connectivity index (χ0v) is 14.5. The molecule has 126 valence electrons. The number of nitrogens with zero attached hydrogens (tertiary/aromatic N) is 3. The van der Waals surface area contributed by atoms with Gasteiger partial charge in [0.1, 0.15) is 16.5 Å². The maximum absolute atomic E-state index is 13.2. The fourth-order valence-electron chi connectivity index (χ4n) is 2.97. The second-order valence-electron chi connectivity index (χ2n) is 5.93. The van der Waals surface area contributed by atoms with Gasteiger partial charge in [0.05, 0.1) is 11.6 Å². The van der Waals surface area contributed by atoms with Gasteiger partial charge >= 0.3 is 0 Å². The third-order valence-electron chi connectivity index (χ3n) is 4.05. The molecule has 0 saturated carbocycles. The van der Waals surface area contributed by atoms with Gasteiger partial charge in [0, 0.05) is 30.1 Å². The lowest BCUT2D eigenvalue weighted by Gasteiger charge is -2.02. The molecular weight excluding hydrogens is 339 g/mol. The van der Waals surface area contributed by atoms with E-state index < -0.39 is 0 Å². The van der Waals surface area contributed by atoms with Crippen molar-refractivity contribution < 1.29 is 4.39 Å². The van der Waals surface area contributed by atoms with Crippen molar-refractivity contribution in [2.24, 2.45) is 7.05 Å². The molecule has 4 rings (SSSR count). The fourth-order valence-corrected chi connectivity index (χ4v) is 4.03. The molecule has 7 heteroatoms. The highest BCUT2D eigenvalue weighted by molar-refractivity contribution is 7.19. The summed E-state index contributed by atoms with van der Waals surface area (Å²) in [5, 5.41) is 4.69. The van der Waals surface area contributed by atoms with Crippen LogP contribution < -0.4 is 5.56 Å². The van der Waals surface area contributed by atoms with E-state index in [0.717, 1.165) is 21.6 Å². The van der Waals surface area contributed by atoms with Crippen LogP contribution in [0.25, 0.3) is 21.3 Å². The Morgan fingerprint density at radius 2 is 2.04 bits per heavy atom. The highest BCUT2D eigenvalue weighted by Crippen LogP contribution is 2.35. The van der Waals surface area contributed by atoms with Crippen LogP contribution in [0, 0.1) is 12.7 Å². The van der Waals surface area contributed by atoms with Gasteiger partial charge in [-0.1, -0.05) is 12.1 Å². The standard InChI is InChI=1S/C18H15FN4OS/c1-10-15(12-3-5-13(19)6-4-12)16-17(24)21-14(22-18(16)25-10)7-11-8-20-23(2)9-11/h3-6,8-9H,7H2,1-2H3,(H,21,22,24). The Morgan fingerprint density at radius 3 is 2.72 bits per heavy atom. The number of hydrogen-bond donors (Lipinski definition) is 1. The Hall–Kier alpha value is -2.80. The molecule has 0 aliphatic heterocycles. The molecule has 4 aromatic rings. The van der Waals surface area contributed by atoms with E-state index in [4.69, 9.17) is 0 Å². The molecule has 1 N–H and O–H groups in total. The molecule has 0 radical (unpaired) electrons. The summed E-state index contributed by atoms with van der Waals surface area (Å²) in [7, 11) is 1.85. The number of aromatic nitrogens is 4. The summed E-state index contributed by atoms with van der Waals surface area (Å²) >= 11 is 1.48. The lowest BCUT2D eigenvalue weighted by molar-refractivity contribution is 0.628. The number of hydrogen-bond acceptors (Lipinski definition) is 4. The van der Waals surface area contributed by atoms with Gasteiger partial charge in [-0.15, -0.1) is 11.3 Å². The van der Waals surface area contributed by atoms with Crippen LogP contribution >= 0.6 is 11.3 Å². The molecule has 0 fully saturated rings. The number of fused-ring (bicyclic) bond motifs is 1. The number of aryl methyl sites for hydroxylation is 2. The first-order valence-electron chi connectivity index (χ1n) is 7.77. The highest BCUT2D eigenvalue weighted by atomic mass is 32.1. The summed E-state index contributed by atoms with van der Waals surface area (Å²) in [4.78, 5) is 21.9. The molecule has 0 saturated heterocycles. The topological polar surface area (TPSA) is 63.6 Å². The Kier molecular flexibility index (Phi) is 3.73. The third-order valence-corrected chi connectivity index (χ3v) is 5.05. The molecule has 0 aliphatic rings. The molecule has 0 aliphatic carbocycles. The second kappa shape index (κ2) is 5.93. The predicted octanol–water partition coefficient (Wildman–Crippen LogP) is 3.42. The largest absolute Gasteiger partial charge is 0.310 e. The van der Waals surface area contributed by atoms with Crippen molar-refractivity contribution in [2.45, 2.75) is 13.3 Å². The molecular formula is C18H15FN4OS. The number of nitrogens with one attached hydrogen (secondary N) is 1. The first-order chi connectivity index (χ1) is 12.0. The van der Waals surface area contributed by atoms with Crippen LogP contribution in [0.15, 0.2) is 41.5 Å². The predicted molar refractivity (Wildman–Crippen MR) is 96.4 cm³/mol. The van der Waals surface area contributed by atoms with Gasteiger partial charge < -0.3 is 4.98 Å². The van der Waals surface area contributed by atoms with Gasteiger partial charge in [-0.3, -0.25) is 9.48 Å². The van der Waals surface area contributed by atoms with E-state index in [-0.39, 0.29) is 11.4 Å². The van der Waals surface area contributed by atoms with E-state index in [0.29, 0.717) is 22.5 Å². The van der Waals surface area contributed by atoms with Crippen LogP contribution in [-0.4, -0.2) is 19.7 Å². The van der Waals surface area contributed by atoms with Crippen LogP contribution in [0.2, 0.25) is 0 Å². The van der Waals surface area contributed by atoms with Gasteiger partial charge in [0.2, 0.25) is 0 Å². The van der Waals surface area contributed by atoms with Crippen LogP contribution in [0.3, 0.4) is 0 Å². The van der Waals surface area contributed by atoms with E-state index in [1.807, 2.05) is 20.2 Å². The number of thiophene rings is 1. The van der Waals surface area contributed by atoms with Gasteiger partial charge in [-0.05, 0) is 30.2 Å². The van der Waals surface area contributed by atoms with Crippen LogP contribution in [0.1, 0.15) is 16.3 Å². The first kappa shape index (κ1) is 15.7. The molecule has 3 heterocycles. The Labute approximate surface area is 146 Å². The second-order valence-corrected chi connectivity index (χ2v) is 7.14. The number of H-pyrrole nitrogens is 1. The minimum Gasteiger partial charge on any atom is -0.310 e. The highest BCUT2D eigenvalue weighted by Gasteiger charge is 2.17. The van der Waals surface area contributed by atoms with Crippen molar-refractivity contribution in [1.82, 2.24) is 19.7 Å². The summed E-state index contributed by atoms with van der Waals surface area (Å²) in [5.74, 6) is 0.309. The Balaban J connectivity index is 1.83. The van der Waals surface area contributed by atoms with Crippen molar-refractivity contribution >= 4 is 21.6 Å². The van der Waals surface area contributed by atoms with Crippen molar-refractivity contribution in [3.8, 4) is 11.1 Å². The molecule has 0 atom stereocenters. The molecule has 3 aromatic heterocycles. The fraction of sp³-hybridized carbons (Fsp3) is 0.167. The van der Waals surface area contributed by atoms with Crippen LogP contribution in [0.5, 0.6) is 0 Å². The zero-order chi connectivity index (χ0) is 17.6. The summed E-state index contributed by atoms with van der Waals surface area (Å²) in [5.41, 5.74) is 2.45. The van der Waals surface area contributed by atoms with Crippen LogP contribution in [0.4, 0.5) is 4.39 Å². The average Bonchev–Trinajstić information content (AvgIpc) is 3.11. The minimum atomic E-state index is -0.299. The van der Waals surface area contributed by atoms with Crippen LogP contribution in [-0.2, 0) is 13.5 Å². The SMILES string of the molecule is Cc1sc2nc(Cc3cnn(C)c3)[nH]c(=O)c2c1-c1ccc(F)cc1. The monoisotopic (exact) mass is 354 g/mol. The van der Waals surface area contributed by atoms with Gasteiger partial charge in [0.25, 0.3) is 5.56 Å². The number of rotatable bonds is 3. The maximum Gasteiger partial charge on any atom is 0.260 e. The molecule has 0 unspecified atom stereocenters. The summed E-state index contributed by atoms with van der Waals surface area (Å²) in [6, 6.07) is 6.17. The number of aromatic amines is 1. The summed E-state index contributed by atoms with van der Waals surface area (Å²) in [6.45, 7) is 1.95. The lowest BCUT2D eigenvalue weighted by Crippen LogP contribution is -2.11. The van der Waals surface area contributed by atoms with Crippen molar-refractivity contribution in [2.75, 3.05) is 0 Å². The van der Waals surface area contributed by atoms with E-state index in [1.165, 1.54) is 23.5 Å². The lowest BCUT2D eigenvalue weighted by atomic mass is 10.0. The smallest absolute Gasteiger partial charge is 0.260 e. The normalized spacial score (nSPS) is 11.3. The third kappa shape index (κ3) is 2.87. The Morgan fingerprint density at radius 1 is 1.28 bits per heavy atom. The van der Waals surface area contributed by atoms with E-state index in [2.05, 4.69) is 15.1 Å². The van der Waals surface area contributed by atoms with Gasteiger partial charge in [-0.2, -0.15) is 5.10 Å². The molecule has 0 spiro atoms. The van der Waals surface area contributed by atoms with Crippen molar-refractivity contribution in [1.29, 1.82) is 0 Å². The maximum atomic E-state index is 13.2. The number of benzene rings is 1. The van der Waals surface area contributed by atoms with Crippen molar-refractivity contribution in [3.05, 3.63) is 69.1 Å². The van der Waals surface area contributed by atoms with Gasteiger partial charge in [0.15, 0.2) is 0 Å². The Bertz CT molecular complexity index is 1120. The summed E-state index contributed by atoms with van der Waals surface area (Å²) in [6.07, 6.45) is 4.17. The number of halogens is 1. The minimum absolute atomic E-state index is 0.174. The van der Waals surface area contributed by atoms with E-state index >= 15 is 0 Å². The molecule has 0 amide bonds.